The van der Waals surface area contributed by atoms with Crippen molar-refractivity contribution < 1.29 is 0 Å². The van der Waals surface area contributed by atoms with Gasteiger partial charge in [-0.05, 0) is 12.5 Å². The molecule has 0 spiro atoms. The van der Waals surface area contributed by atoms with E-state index in [1.54, 1.807) is 0 Å². The fraction of sp³-hybridized carbons (Fsp3) is 0.250. The van der Waals surface area contributed by atoms with Crippen molar-refractivity contribution in [3.8, 4) is 0 Å². The summed E-state index contributed by atoms with van der Waals surface area (Å²) in [6.45, 7) is 2.61. The Labute approximate surface area is 65.9 Å². The SMILES string of the molecule is Cc1cccc(CN=NN)c1. The van der Waals surface area contributed by atoms with Gasteiger partial charge < -0.3 is 5.84 Å². The highest BCUT2D eigenvalue weighted by Gasteiger charge is 1.89. The predicted octanol–water partition coefficient (Wildman–Crippen LogP) is 1.82. The van der Waals surface area contributed by atoms with E-state index in [-0.39, 0.29) is 0 Å². The predicted molar refractivity (Wildman–Crippen MR) is 43.9 cm³/mol. The van der Waals surface area contributed by atoms with Crippen LogP contribution in [0, 0.1) is 6.92 Å². The molecule has 1 aromatic rings. The Balaban J connectivity index is 2.71. The molecule has 0 amide bonds. The Kier molecular flexibility index (Phi) is 2.60. The highest BCUT2D eigenvalue weighted by Crippen LogP contribution is 2.04. The van der Waals surface area contributed by atoms with Gasteiger partial charge >= 0.3 is 0 Å². The van der Waals surface area contributed by atoms with Crippen molar-refractivity contribution in [1.29, 1.82) is 0 Å². The van der Waals surface area contributed by atoms with Gasteiger partial charge in [-0.1, -0.05) is 35.1 Å². The van der Waals surface area contributed by atoms with Gasteiger partial charge in [-0.2, -0.15) is 5.11 Å². The van der Waals surface area contributed by atoms with Crippen LogP contribution in [0.5, 0.6) is 0 Å². The number of nitrogens with zero attached hydrogens (tertiary/aromatic N) is 2. The van der Waals surface area contributed by atoms with E-state index in [1.165, 1.54) is 5.56 Å². The van der Waals surface area contributed by atoms with Gasteiger partial charge in [-0.25, -0.2) is 0 Å². The quantitative estimate of drug-likeness (QED) is 0.389. The maximum absolute atomic E-state index is 4.87. The molecule has 0 aromatic heterocycles. The molecule has 0 atom stereocenters. The van der Waals surface area contributed by atoms with Crippen molar-refractivity contribution in [1.82, 2.24) is 0 Å². The Morgan fingerprint density at radius 2 is 2.27 bits per heavy atom. The second-order valence-corrected chi connectivity index (χ2v) is 2.40. The molecular formula is C8H11N3. The van der Waals surface area contributed by atoms with Crippen molar-refractivity contribution in [2.45, 2.75) is 13.5 Å². The smallest absolute Gasteiger partial charge is 0.0870 e. The molecule has 0 fully saturated rings. The zero-order chi connectivity index (χ0) is 8.10. The molecule has 2 N–H and O–H groups in total. The van der Waals surface area contributed by atoms with E-state index in [9.17, 15) is 0 Å². The van der Waals surface area contributed by atoms with E-state index in [0.29, 0.717) is 6.54 Å². The molecule has 0 aliphatic heterocycles. The van der Waals surface area contributed by atoms with Crippen molar-refractivity contribution in [2.75, 3.05) is 0 Å². The molecule has 1 rings (SSSR count). The van der Waals surface area contributed by atoms with Crippen LogP contribution in [0.1, 0.15) is 11.1 Å². The summed E-state index contributed by atoms with van der Waals surface area (Å²) in [5.41, 5.74) is 2.37. The Bertz CT molecular complexity index is 255. The largest absolute Gasteiger partial charge is 0.305 e. The van der Waals surface area contributed by atoms with E-state index in [0.717, 1.165) is 5.56 Å². The second kappa shape index (κ2) is 3.71. The van der Waals surface area contributed by atoms with Crippen LogP contribution in [0.2, 0.25) is 0 Å². The standard InChI is InChI=1S/C8H11N3/c1-7-3-2-4-8(5-7)6-10-11-9/h2-5H,6H2,1H3,(H2,9,10). The average molecular weight is 149 g/mol. The Morgan fingerprint density at radius 3 is 2.91 bits per heavy atom. The van der Waals surface area contributed by atoms with Crippen LogP contribution in [-0.4, -0.2) is 0 Å². The van der Waals surface area contributed by atoms with Gasteiger partial charge in [0.05, 0.1) is 6.54 Å². The molecule has 1 aromatic carbocycles. The Morgan fingerprint density at radius 1 is 1.45 bits per heavy atom. The minimum Gasteiger partial charge on any atom is -0.305 e. The molecule has 3 nitrogen and oxygen atoms in total. The summed E-state index contributed by atoms with van der Waals surface area (Å²) in [5, 5.41) is 6.87. The highest BCUT2D eigenvalue weighted by atomic mass is 15.3. The lowest BCUT2D eigenvalue weighted by Crippen LogP contribution is -1.83. The molecule has 3 heteroatoms. The molecule has 0 heterocycles. The lowest BCUT2D eigenvalue weighted by molar-refractivity contribution is 0.892. The molecule has 0 aliphatic rings. The van der Waals surface area contributed by atoms with E-state index in [4.69, 9.17) is 5.84 Å². The third-order valence-corrected chi connectivity index (χ3v) is 1.42. The molecular weight excluding hydrogens is 138 g/mol. The number of rotatable bonds is 2. The zero-order valence-corrected chi connectivity index (χ0v) is 6.49. The molecule has 58 valence electrons. The normalized spacial score (nSPS) is 10.6. The molecule has 11 heavy (non-hydrogen) atoms. The summed E-state index contributed by atoms with van der Waals surface area (Å²) in [7, 11) is 0. The third-order valence-electron chi connectivity index (χ3n) is 1.42. The minimum atomic E-state index is 0.568. The van der Waals surface area contributed by atoms with Gasteiger partial charge in [-0.3, -0.25) is 0 Å². The lowest BCUT2D eigenvalue weighted by Gasteiger charge is -1.95. The van der Waals surface area contributed by atoms with Crippen molar-refractivity contribution in [3.05, 3.63) is 35.4 Å². The summed E-state index contributed by atoms with van der Waals surface area (Å²) < 4.78 is 0. The summed E-state index contributed by atoms with van der Waals surface area (Å²) in [5.74, 6) is 4.87. The van der Waals surface area contributed by atoms with Gasteiger partial charge in [-0.15, -0.1) is 0 Å². The van der Waals surface area contributed by atoms with E-state index < -0.39 is 0 Å². The van der Waals surface area contributed by atoms with Crippen LogP contribution in [0.25, 0.3) is 0 Å². The van der Waals surface area contributed by atoms with E-state index in [2.05, 4.69) is 16.4 Å². The summed E-state index contributed by atoms with van der Waals surface area (Å²) in [6, 6.07) is 8.11. The molecule has 0 bridgehead atoms. The van der Waals surface area contributed by atoms with Crippen LogP contribution < -0.4 is 5.84 Å². The minimum absolute atomic E-state index is 0.568. The van der Waals surface area contributed by atoms with E-state index >= 15 is 0 Å². The van der Waals surface area contributed by atoms with Gasteiger partial charge in [0, 0.05) is 0 Å². The van der Waals surface area contributed by atoms with Crippen LogP contribution in [0.15, 0.2) is 34.6 Å². The first-order valence-electron chi connectivity index (χ1n) is 3.45. The molecule has 0 saturated carbocycles. The van der Waals surface area contributed by atoms with Gasteiger partial charge in [0.2, 0.25) is 0 Å². The number of nitrogens with two attached hydrogens (primary N) is 1. The van der Waals surface area contributed by atoms with Crippen molar-refractivity contribution >= 4 is 0 Å². The molecule has 0 radical (unpaired) electrons. The third kappa shape index (κ3) is 2.37. The monoisotopic (exact) mass is 149 g/mol. The van der Waals surface area contributed by atoms with Gasteiger partial charge in [0.15, 0.2) is 0 Å². The fourth-order valence-corrected chi connectivity index (χ4v) is 0.933. The van der Waals surface area contributed by atoms with Crippen LogP contribution in [-0.2, 0) is 6.54 Å². The lowest BCUT2D eigenvalue weighted by atomic mass is 10.1. The summed E-state index contributed by atoms with van der Waals surface area (Å²) in [4.78, 5) is 0. The zero-order valence-electron chi connectivity index (χ0n) is 6.49. The van der Waals surface area contributed by atoms with Crippen molar-refractivity contribution in [2.24, 2.45) is 16.2 Å². The van der Waals surface area contributed by atoms with E-state index in [1.807, 2.05) is 25.1 Å². The number of hydrogen-bond donors (Lipinski definition) is 1. The first kappa shape index (κ1) is 7.72. The highest BCUT2D eigenvalue weighted by molar-refractivity contribution is 5.21. The summed E-state index contributed by atoms with van der Waals surface area (Å²) in [6.07, 6.45) is 0. The number of hydrogen-bond acceptors (Lipinski definition) is 2. The Hall–Kier alpha value is -1.38. The average Bonchev–Trinajstić information content (AvgIpc) is 2.01. The molecule has 0 saturated heterocycles. The second-order valence-electron chi connectivity index (χ2n) is 2.40. The van der Waals surface area contributed by atoms with Gasteiger partial charge in [0.1, 0.15) is 0 Å². The molecule has 0 aliphatic carbocycles. The van der Waals surface area contributed by atoms with Crippen LogP contribution in [0.3, 0.4) is 0 Å². The van der Waals surface area contributed by atoms with Crippen molar-refractivity contribution in [3.63, 3.8) is 0 Å². The number of aryl methyl sites for hydroxylation is 1. The first-order valence-corrected chi connectivity index (χ1v) is 3.45. The van der Waals surface area contributed by atoms with Gasteiger partial charge in [0.25, 0.3) is 0 Å². The van der Waals surface area contributed by atoms with Crippen LogP contribution in [0.4, 0.5) is 0 Å². The maximum atomic E-state index is 4.87. The van der Waals surface area contributed by atoms with Crippen LogP contribution >= 0.6 is 0 Å². The maximum Gasteiger partial charge on any atom is 0.0870 e. The summed E-state index contributed by atoms with van der Waals surface area (Å²) >= 11 is 0. The first-order chi connectivity index (χ1) is 5.33. The number of benzene rings is 1. The topological polar surface area (TPSA) is 50.7 Å². The molecule has 0 unspecified atom stereocenters. The fourth-order valence-electron chi connectivity index (χ4n) is 0.933.